The molecule has 0 spiro atoms. The standard InChI is InChI=1S/C10H9N.C2H4O2/c1-8-6-7-9-4-2-3-5-10(9)11-8;1-2(3)4/h2-7H,1H3;1H3,(H,3,4). The highest BCUT2D eigenvalue weighted by Gasteiger charge is 1.90. The van der Waals surface area contributed by atoms with Crippen LogP contribution in [0.5, 0.6) is 0 Å². The first-order valence-electron chi connectivity index (χ1n) is 4.61. The Hall–Kier alpha value is -1.90. The van der Waals surface area contributed by atoms with E-state index in [9.17, 15) is 0 Å². The molecule has 0 atom stereocenters. The van der Waals surface area contributed by atoms with E-state index in [4.69, 9.17) is 9.90 Å². The summed E-state index contributed by atoms with van der Waals surface area (Å²) in [6.45, 7) is 3.09. The van der Waals surface area contributed by atoms with E-state index >= 15 is 0 Å². The Kier molecular flexibility index (Phi) is 3.80. The molecule has 1 aromatic carbocycles. The number of aromatic nitrogens is 1. The zero-order valence-electron chi connectivity index (χ0n) is 8.77. The van der Waals surface area contributed by atoms with Gasteiger partial charge in [-0.3, -0.25) is 9.78 Å². The number of rotatable bonds is 0. The van der Waals surface area contributed by atoms with Crippen molar-refractivity contribution in [3.8, 4) is 0 Å². The lowest BCUT2D eigenvalue weighted by molar-refractivity contribution is -0.134. The van der Waals surface area contributed by atoms with Gasteiger partial charge in [-0.25, -0.2) is 0 Å². The molecule has 0 aliphatic carbocycles. The lowest BCUT2D eigenvalue weighted by Gasteiger charge is -1.95. The maximum Gasteiger partial charge on any atom is 0.300 e. The molecule has 2 rings (SSSR count). The molecule has 0 bridgehead atoms. The van der Waals surface area contributed by atoms with E-state index in [1.165, 1.54) is 5.39 Å². The molecule has 0 saturated carbocycles. The summed E-state index contributed by atoms with van der Waals surface area (Å²) in [5.41, 5.74) is 2.15. The predicted octanol–water partition coefficient (Wildman–Crippen LogP) is 2.63. The molecule has 15 heavy (non-hydrogen) atoms. The van der Waals surface area contributed by atoms with Crippen molar-refractivity contribution >= 4 is 16.9 Å². The van der Waals surface area contributed by atoms with E-state index in [0.717, 1.165) is 18.1 Å². The number of aryl methyl sites for hydroxylation is 1. The largest absolute Gasteiger partial charge is 0.481 e. The highest BCUT2D eigenvalue weighted by Crippen LogP contribution is 2.10. The number of para-hydroxylation sites is 1. The fourth-order valence-electron chi connectivity index (χ4n) is 1.17. The number of pyridine rings is 1. The topological polar surface area (TPSA) is 50.2 Å². The van der Waals surface area contributed by atoms with Crippen molar-refractivity contribution in [2.45, 2.75) is 13.8 Å². The minimum atomic E-state index is -0.833. The predicted molar refractivity (Wildman–Crippen MR) is 59.8 cm³/mol. The van der Waals surface area contributed by atoms with E-state index in [2.05, 4.69) is 17.1 Å². The lowest BCUT2D eigenvalue weighted by atomic mass is 10.2. The Morgan fingerprint density at radius 3 is 2.47 bits per heavy atom. The summed E-state index contributed by atoms with van der Waals surface area (Å²) in [6.07, 6.45) is 0. The average molecular weight is 203 g/mol. The van der Waals surface area contributed by atoms with Crippen LogP contribution in [0.3, 0.4) is 0 Å². The Bertz CT molecular complexity index is 462. The minimum absolute atomic E-state index is 0.833. The van der Waals surface area contributed by atoms with Crippen LogP contribution in [0.1, 0.15) is 12.6 Å². The average Bonchev–Trinajstić information content (AvgIpc) is 2.16. The van der Waals surface area contributed by atoms with E-state index in [0.29, 0.717) is 0 Å². The zero-order valence-corrected chi connectivity index (χ0v) is 8.77. The molecule has 0 unspecified atom stereocenters. The maximum absolute atomic E-state index is 9.00. The second-order valence-corrected chi connectivity index (χ2v) is 3.16. The quantitative estimate of drug-likeness (QED) is 0.716. The Labute approximate surface area is 88.4 Å². The third-order valence-corrected chi connectivity index (χ3v) is 1.74. The van der Waals surface area contributed by atoms with Gasteiger partial charge in [0, 0.05) is 18.0 Å². The van der Waals surface area contributed by atoms with Crippen LogP contribution >= 0.6 is 0 Å². The third kappa shape index (κ3) is 3.77. The van der Waals surface area contributed by atoms with Gasteiger partial charge >= 0.3 is 0 Å². The molecule has 0 amide bonds. The second kappa shape index (κ2) is 5.10. The van der Waals surface area contributed by atoms with Gasteiger partial charge in [0.1, 0.15) is 0 Å². The highest BCUT2D eigenvalue weighted by molar-refractivity contribution is 5.78. The number of hydrogen-bond acceptors (Lipinski definition) is 2. The van der Waals surface area contributed by atoms with Crippen LogP contribution in [0.15, 0.2) is 36.4 Å². The maximum atomic E-state index is 9.00. The molecule has 3 heteroatoms. The number of carbonyl (C=O) groups is 1. The summed E-state index contributed by atoms with van der Waals surface area (Å²) in [7, 11) is 0. The molecular formula is C12H13NO2. The first kappa shape index (κ1) is 11.2. The smallest absolute Gasteiger partial charge is 0.300 e. The van der Waals surface area contributed by atoms with E-state index in [1.54, 1.807) is 0 Å². The number of nitrogens with zero attached hydrogens (tertiary/aromatic N) is 1. The van der Waals surface area contributed by atoms with Gasteiger partial charge < -0.3 is 5.11 Å². The summed E-state index contributed by atoms with van der Waals surface area (Å²) < 4.78 is 0. The molecule has 0 aliphatic heterocycles. The number of carboxylic acid groups (broad SMARTS) is 1. The van der Waals surface area contributed by atoms with Gasteiger partial charge in [0.25, 0.3) is 5.97 Å². The van der Waals surface area contributed by atoms with Gasteiger partial charge in [0.05, 0.1) is 5.52 Å². The molecular weight excluding hydrogens is 190 g/mol. The van der Waals surface area contributed by atoms with Gasteiger partial charge in [0.15, 0.2) is 0 Å². The first-order valence-corrected chi connectivity index (χ1v) is 4.61. The van der Waals surface area contributed by atoms with Crippen LogP contribution in [-0.4, -0.2) is 16.1 Å². The SMILES string of the molecule is CC(=O)O.Cc1ccc2ccccc2n1. The number of benzene rings is 1. The Balaban J connectivity index is 0.000000245. The molecule has 2 aromatic rings. The van der Waals surface area contributed by atoms with Gasteiger partial charge in [-0.1, -0.05) is 24.3 Å². The molecule has 0 aliphatic rings. The van der Waals surface area contributed by atoms with Crippen molar-refractivity contribution in [1.82, 2.24) is 4.98 Å². The highest BCUT2D eigenvalue weighted by atomic mass is 16.4. The second-order valence-electron chi connectivity index (χ2n) is 3.16. The van der Waals surface area contributed by atoms with E-state index in [1.807, 2.05) is 31.2 Å². The molecule has 3 nitrogen and oxygen atoms in total. The van der Waals surface area contributed by atoms with Crippen LogP contribution in [0, 0.1) is 6.92 Å². The number of carboxylic acids is 1. The molecule has 0 fully saturated rings. The molecule has 0 radical (unpaired) electrons. The summed E-state index contributed by atoms with van der Waals surface area (Å²) in [6, 6.07) is 12.3. The summed E-state index contributed by atoms with van der Waals surface area (Å²) in [4.78, 5) is 13.4. The molecule has 1 aromatic heterocycles. The van der Waals surface area contributed by atoms with Gasteiger partial charge in [-0.2, -0.15) is 0 Å². The van der Waals surface area contributed by atoms with Crippen molar-refractivity contribution in [2.75, 3.05) is 0 Å². The van der Waals surface area contributed by atoms with Crippen molar-refractivity contribution in [3.05, 3.63) is 42.1 Å². The van der Waals surface area contributed by atoms with Crippen LogP contribution in [-0.2, 0) is 4.79 Å². The fraction of sp³-hybridized carbons (Fsp3) is 0.167. The van der Waals surface area contributed by atoms with Crippen molar-refractivity contribution in [1.29, 1.82) is 0 Å². The minimum Gasteiger partial charge on any atom is -0.481 e. The van der Waals surface area contributed by atoms with Crippen LogP contribution in [0.4, 0.5) is 0 Å². The van der Waals surface area contributed by atoms with Crippen LogP contribution < -0.4 is 0 Å². The zero-order chi connectivity index (χ0) is 11.3. The molecule has 78 valence electrons. The monoisotopic (exact) mass is 203 g/mol. The summed E-state index contributed by atoms with van der Waals surface area (Å²) in [5, 5.41) is 8.62. The molecule has 0 saturated heterocycles. The fourth-order valence-corrected chi connectivity index (χ4v) is 1.17. The third-order valence-electron chi connectivity index (χ3n) is 1.74. The summed E-state index contributed by atoms with van der Waals surface area (Å²) in [5.74, 6) is -0.833. The Morgan fingerprint density at radius 2 is 1.80 bits per heavy atom. The van der Waals surface area contributed by atoms with Gasteiger partial charge in [0.2, 0.25) is 0 Å². The van der Waals surface area contributed by atoms with Gasteiger partial charge in [-0.05, 0) is 19.1 Å². The number of aliphatic carboxylic acids is 1. The molecule has 1 N–H and O–H groups in total. The first-order chi connectivity index (χ1) is 7.09. The normalized spacial score (nSPS) is 9.20. The van der Waals surface area contributed by atoms with E-state index in [-0.39, 0.29) is 0 Å². The van der Waals surface area contributed by atoms with Crippen LogP contribution in [0.2, 0.25) is 0 Å². The van der Waals surface area contributed by atoms with Crippen LogP contribution in [0.25, 0.3) is 10.9 Å². The molecule has 1 heterocycles. The van der Waals surface area contributed by atoms with Crippen molar-refractivity contribution < 1.29 is 9.90 Å². The number of hydrogen-bond donors (Lipinski definition) is 1. The number of fused-ring (bicyclic) bond motifs is 1. The van der Waals surface area contributed by atoms with E-state index < -0.39 is 5.97 Å². The van der Waals surface area contributed by atoms with Crippen molar-refractivity contribution in [3.63, 3.8) is 0 Å². The van der Waals surface area contributed by atoms with Crippen molar-refractivity contribution in [2.24, 2.45) is 0 Å². The van der Waals surface area contributed by atoms with Gasteiger partial charge in [-0.15, -0.1) is 0 Å². The summed E-state index contributed by atoms with van der Waals surface area (Å²) >= 11 is 0. The lowest BCUT2D eigenvalue weighted by Crippen LogP contribution is -1.80. The Morgan fingerprint density at radius 1 is 1.20 bits per heavy atom.